The number of hydrogen-bond donors (Lipinski definition) is 2. The lowest BCUT2D eigenvalue weighted by Gasteiger charge is -2.03. The minimum atomic E-state index is -0.131. The first kappa shape index (κ1) is 15.5. The summed E-state index contributed by atoms with van der Waals surface area (Å²) >= 11 is 1.62. The average Bonchev–Trinajstić information content (AvgIpc) is 3.22. The minimum absolute atomic E-state index is 0.0308. The van der Waals surface area contributed by atoms with Crippen LogP contribution in [0.2, 0.25) is 0 Å². The lowest BCUT2D eigenvalue weighted by molar-refractivity contribution is -0.116. The maximum absolute atomic E-state index is 11.9. The molecule has 1 aliphatic carbocycles. The molecule has 23 heavy (non-hydrogen) atoms. The maximum Gasteiger partial charge on any atom is 0.251 e. The van der Waals surface area contributed by atoms with E-state index in [1.165, 1.54) is 6.08 Å². The Morgan fingerprint density at radius 1 is 1.17 bits per heavy atom. The molecule has 2 amide bonds. The molecule has 3 rings (SSSR count). The summed E-state index contributed by atoms with van der Waals surface area (Å²) in [6.07, 6.45) is 5.40. The van der Waals surface area contributed by atoms with Gasteiger partial charge in [0.05, 0.1) is 6.54 Å². The molecule has 4 nitrogen and oxygen atoms in total. The summed E-state index contributed by atoms with van der Waals surface area (Å²) in [7, 11) is 0. The lowest BCUT2D eigenvalue weighted by atomic mass is 10.1. The van der Waals surface area contributed by atoms with E-state index in [9.17, 15) is 9.59 Å². The Morgan fingerprint density at radius 3 is 2.61 bits per heavy atom. The quantitative estimate of drug-likeness (QED) is 0.802. The Hall–Kier alpha value is -2.40. The number of nitrogens with one attached hydrogen (secondary N) is 2. The normalized spacial score (nSPS) is 13.9. The molecule has 1 aliphatic rings. The van der Waals surface area contributed by atoms with Crippen molar-refractivity contribution in [3.8, 4) is 0 Å². The zero-order valence-corrected chi connectivity index (χ0v) is 13.4. The van der Waals surface area contributed by atoms with Crippen LogP contribution in [0.1, 0.15) is 33.6 Å². The van der Waals surface area contributed by atoms with Crippen molar-refractivity contribution in [1.82, 2.24) is 10.6 Å². The summed E-state index contributed by atoms with van der Waals surface area (Å²) in [4.78, 5) is 24.8. The number of carbonyl (C=O) groups is 2. The van der Waals surface area contributed by atoms with Crippen molar-refractivity contribution in [2.75, 3.05) is 0 Å². The van der Waals surface area contributed by atoms with Gasteiger partial charge in [-0.15, -0.1) is 11.3 Å². The van der Waals surface area contributed by atoms with Gasteiger partial charge in [-0.05, 0) is 48.1 Å². The zero-order valence-electron chi connectivity index (χ0n) is 12.6. The van der Waals surface area contributed by atoms with E-state index in [0.29, 0.717) is 18.2 Å². The first-order valence-corrected chi connectivity index (χ1v) is 8.48. The number of carbonyl (C=O) groups excluding carboxylic acids is 2. The number of thiophene rings is 1. The van der Waals surface area contributed by atoms with Crippen molar-refractivity contribution < 1.29 is 9.59 Å². The highest BCUT2D eigenvalue weighted by atomic mass is 32.1. The Kier molecular flexibility index (Phi) is 4.88. The molecule has 1 heterocycles. The van der Waals surface area contributed by atoms with E-state index < -0.39 is 0 Å². The van der Waals surface area contributed by atoms with Gasteiger partial charge in [0.1, 0.15) is 0 Å². The molecular formula is C18H18N2O2S. The van der Waals surface area contributed by atoms with Gasteiger partial charge in [-0.2, -0.15) is 0 Å². The summed E-state index contributed by atoms with van der Waals surface area (Å²) < 4.78 is 0. The summed E-state index contributed by atoms with van der Waals surface area (Å²) in [6.45, 7) is 0.543. The summed E-state index contributed by atoms with van der Waals surface area (Å²) in [5.74, 6) is -0.161. The van der Waals surface area contributed by atoms with E-state index in [4.69, 9.17) is 0 Å². The van der Waals surface area contributed by atoms with Gasteiger partial charge in [0.15, 0.2) is 0 Å². The van der Waals surface area contributed by atoms with Gasteiger partial charge in [-0.1, -0.05) is 18.2 Å². The maximum atomic E-state index is 11.9. The van der Waals surface area contributed by atoms with E-state index in [1.54, 1.807) is 29.5 Å². The van der Waals surface area contributed by atoms with Gasteiger partial charge in [-0.25, -0.2) is 0 Å². The second-order valence-electron chi connectivity index (χ2n) is 5.50. The van der Waals surface area contributed by atoms with E-state index in [-0.39, 0.29) is 11.8 Å². The Labute approximate surface area is 139 Å². The fraction of sp³-hybridized carbons (Fsp3) is 0.222. The van der Waals surface area contributed by atoms with E-state index >= 15 is 0 Å². The van der Waals surface area contributed by atoms with Crippen molar-refractivity contribution in [3.63, 3.8) is 0 Å². The third-order valence-corrected chi connectivity index (χ3v) is 4.41. The molecule has 2 aromatic rings. The average molecular weight is 326 g/mol. The van der Waals surface area contributed by atoms with Crippen LogP contribution in [-0.4, -0.2) is 17.9 Å². The third kappa shape index (κ3) is 4.79. The highest BCUT2D eigenvalue weighted by Crippen LogP contribution is 2.19. The number of hydrogen-bond acceptors (Lipinski definition) is 3. The minimum Gasteiger partial charge on any atom is -0.349 e. The first-order chi connectivity index (χ1) is 11.2. The van der Waals surface area contributed by atoms with Crippen LogP contribution in [0.15, 0.2) is 47.9 Å². The molecule has 0 radical (unpaired) electrons. The highest BCUT2D eigenvalue weighted by Gasteiger charge is 2.23. The van der Waals surface area contributed by atoms with Crippen LogP contribution in [0.4, 0.5) is 0 Å². The Morgan fingerprint density at radius 2 is 1.96 bits per heavy atom. The highest BCUT2D eigenvalue weighted by molar-refractivity contribution is 7.09. The molecule has 1 fully saturated rings. The smallest absolute Gasteiger partial charge is 0.251 e. The second kappa shape index (κ2) is 7.24. The summed E-state index contributed by atoms with van der Waals surface area (Å²) in [6, 6.07) is 11.5. The molecule has 2 N–H and O–H groups in total. The van der Waals surface area contributed by atoms with Crippen molar-refractivity contribution in [1.29, 1.82) is 0 Å². The molecule has 0 atom stereocenters. The van der Waals surface area contributed by atoms with Crippen LogP contribution in [0.25, 0.3) is 6.08 Å². The van der Waals surface area contributed by atoms with Crippen molar-refractivity contribution in [3.05, 3.63) is 63.9 Å². The predicted molar refractivity (Wildman–Crippen MR) is 92.1 cm³/mol. The van der Waals surface area contributed by atoms with Gasteiger partial charge in [0, 0.05) is 22.6 Å². The van der Waals surface area contributed by atoms with Crippen LogP contribution < -0.4 is 10.6 Å². The molecule has 1 aromatic carbocycles. The Bertz CT molecular complexity index is 701. The van der Waals surface area contributed by atoms with Gasteiger partial charge < -0.3 is 10.6 Å². The topological polar surface area (TPSA) is 58.2 Å². The van der Waals surface area contributed by atoms with Crippen molar-refractivity contribution in [2.45, 2.75) is 25.4 Å². The first-order valence-electron chi connectivity index (χ1n) is 7.60. The van der Waals surface area contributed by atoms with Crippen molar-refractivity contribution in [2.24, 2.45) is 0 Å². The van der Waals surface area contributed by atoms with Crippen LogP contribution in [0.3, 0.4) is 0 Å². The van der Waals surface area contributed by atoms with Gasteiger partial charge in [0.2, 0.25) is 5.91 Å². The summed E-state index contributed by atoms with van der Waals surface area (Å²) in [5.41, 5.74) is 1.54. The lowest BCUT2D eigenvalue weighted by Crippen LogP contribution is -2.25. The third-order valence-electron chi connectivity index (χ3n) is 3.53. The molecule has 0 spiro atoms. The molecule has 118 valence electrons. The van der Waals surface area contributed by atoms with Crippen LogP contribution in [-0.2, 0) is 11.3 Å². The molecule has 0 bridgehead atoms. The molecule has 1 saturated carbocycles. The van der Waals surface area contributed by atoms with E-state index in [2.05, 4.69) is 10.6 Å². The Balaban J connectivity index is 1.50. The molecule has 5 heteroatoms. The molecular weight excluding hydrogens is 308 g/mol. The standard InChI is InChI=1S/C18H18N2O2S/c21-17(19-12-16-2-1-11-23-16)10-5-13-3-6-14(7-4-13)18(22)20-15-8-9-15/h1-7,10-11,15H,8-9,12H2,(H,19,21)(H,20,22). The monoisotopic (exact) mass is 326 g/mol. The fourth-order valence-electron chi connectivity index (χ4n) is 2.06. The van der Waals surface area contributed by atoms with Crippen LogP contribution >= 0.6 is 11.3 Å². The number of benzene rings is 1. The van der Waals surface area contributed by atoms with Gasteiger partial charge >= 0.3 is 0 Å². The van der Waals surface area contributed by atoms with Crippen molar-refractivity contribution >= 4 is 29.2 Å². The van der Waals surface area contributed by atoms with E-state index in [0.717, 1.165) is 23.3 Å². The molecule has 0 unspecified atom stereocenters. The SMILES string of the molecule is O=C(C=Cc1ccc(C(=O)NC2CC2)cc1)NCc1cccs1. The predicted octanol–water partition coefficient (Wildman–Crippen LogP) is 2.97. The number of rotatable bonds is 6. The molecule has 0 saturated heterocycles. The molecule has 0 aliphatic heterocycles. The zero-order chi connectivity index (χ0) is 16.1. The van der Waals surface area contributed by atoms with Crippen LogP contribution in [0.5, 0.6) is 0 Å². The van der Waals surface area contributed by atoms with E-state index in [1.807, 2.05) is 29.6 Å². The van der Waals surface area contributed by atoms with Gasteiger partial charge in [-0.3, -0.25) is 9.59 Å². The summed E-state index contributed by atoms with van der Waals surface area (Å²) in [5, 5.41) is 7.77. The molecule has 1 aromatic heterocycles. The van der Waals surface area contributed by atoms with Crippen LogP contribution in [0, 0.1) is 0 Å². The number of amides is 2. The van der Waals surface area contributed by atoms with Gasteiger partial charge in [0.25, 0.3) is 5.91 Å². The second-order valence-corrected chi connectivity index (χ2v) is 6.53. The fourth-order valence-corrected chi connectivity index (χ4v) is 2.70. The largest absolute Gasteiger partial charge is 0.349 e.